The summed E-state index contributed by atoms with van der Waals surface area (Å²) in [6, 6.07) is 63.2. The average molecular weight is 745 g/mol. The number of hydrogen-bond acceptors (Lipinski definition) is 5. The number of nitrogens with zero attached hydrogens (tertiary/aromatic N) is 4. The molecule has 0 aliphatic heterocycles. The zero-order valence-corrected chi connectivity index (χ0v) is 32.0. The molecule has 0 saturated heterocycles. The maximum Gasteiger partial charge on any atom is 0.227 e. The molecule has 10 aromatic rings. The molecule has 0 fully saturated rings. The number of fused-ring (bicyclic) bond motifs is 6. The molecule has 0 unspecified atom stereocenters. The summed E-state index contributed by atoms with van der Waals surface area (Å²) in [5.74, 6) is 2.41. The molecule has 0 bridgehead atoms. The third-order valence-electron chi connectivity index (χ3n) is 11.6. The van der Waals surface area contributed by atoms with Gasteiger partial charge in [0.25, 0.3) is 0 Å². The van der Waals surface area contributed by atoms with E-state index in [1.165, 1.54) is 27.8 Å². The number of aromatic nitrogens is 4. The SMILES string of the molecule is CC1(C)c2ccccc2-c2cc(-c3ccc(-c4nc(-c5ccccc5)nc(-c5ccccc5-c5cccc6ccc7nc(-c8ccccc8)oc7c56)n4)cc3)ccc21. The lowest BCUT2D eigenvalue weighted by atomic mass is 9.82. The Morgan fingerprint density at radius 1 is 0.379 bits per heavy atom. The van der Waals surface area contributed by atoms with Crippen LogP contribution in [0.4, 0.5) is 0 Å². The molecular weight excluding hydrogens is 709 g/mol. The van der Waals surface area contributed by atoms with Crippen molar-refractivity contribution in [3.05, 3.63) is 193 Å². The highest BCUT2D eigenvalue weighted by Crippen LogP contribution is 2.49. The van der Waals surface area contributed by atoms with Gasteiger partial charge in [-0.2, -0.15) is 0 Å². The molecule has 0 saturated carbocycles. The zero-order chi connectivity index (χ0) is 38.8. The van der Waals surface area contributed by atoms with Crippen LogP contribution in [-0.4, -0.2) is 19.9 Å². The summed E-state index contributed by atoms with van der Waals surface area (Å²) >= 11 is 0. The molecule has 5 nitrogen and oxygen atoms in total. The van der Waals surface area contributed by atoms with Gasteiger partial charge in [0.15, 0.2) is 23.1 Å². The lowest BCUT2D eigenvalue weighted by Crippen LogP contribution is -2.14. The van der Waals surface area contributed by atoms with E-state index in [-0.39, 0.29) is 5.41 Å². The van der Waals surface area contributed by atoms with E-state index in [1.54, 1.807) is 0 Å². The van der Waals surface area contributed by atoms with Gasteiger partial charge in [-0.3, -0.25) is 0 Å². The van der Waals surface area contributed by atoms with Gasteiger partial charge in [0, 0.05) is 33.1 Å². The van der Waals surface area contributed by atoms with Crippen molar-refractivity contribution in [3.8, 4) is 79.0 Å². The normalized spacial score (nSPS) is 12.8. The molecule has 11 rings (SSSR count). The molecule has 5 heteroatoms. The Bertz CT molecular complexity index is 3190. The van der Waals surface area contributed by atoms with Crippen LogP contribution in [0.25, 0.3) is 101 Å². The van der Waals surface area contributed by atoms with E-state index < -0.39 is 0 Å². The van der Waals surface area contributed by atoms with E-state index in [0.29, 0.717) is 23.4 Å². The van der Waals surface area contributed by atoms with Gasteiger partial charge in [-0.1, -0.05) is 172 Å². The highest BCUT2D eigenvalue weighted by atomic mass is 16.3. The van der Waals surface area contributed by atoms with Crippen molar-refractivity contribution in [1.29, 1.82) is 0 Å². The van der Waals surface area contributed by atoms with Gasteiger partial charge in [0.05, 0.1) is 0 Å². The summed E-state index contributed by atoms with van der Waals surface area (Å²) in [5, 5.41) is 2.06. The fourth-order valence-electron chi connectivity index (χ4n) is 8.65. The molecule has 2 aromatic heterocycles. The average Bonchev–Trinajstić information content (AvgIpc) is 3.83. The minimum absolute atomic E-state index is 0.0263. The van der Waals surface area contributed by atoms with E-state index in [4.69, 9.17) is 24.4 Å². The molecule has 2 heterocycles. The van der Waals surface area contributed by atoms with Crippen molar-refractivity contribution < 1.29 is 4.42 Å². The second-order valence-corrected chi connectivity index (χ2v) is 15.4. The first-order valence-electron chi connectivity index (χ1n) is 19.6. The Morgan fingerprint density at radius 2 is 0.948 bits per heavy atom. The Morgan fingerprint density at radius 3 is 1.71 bits per heavy atom. The van der Waals surface area contributed by atoms with Gasteiger partial charge >= 0.3 is 0 Å². The predicted octanol–water partition coefficient (Wildman–Crippen LogP) is 13.5. The van der Waals surface area contributed by atoms with Crippen LogP contribution in [0.1, 0.15) is 25.0 Å². The van der Waals surface area contributed by atoms with Crippen LogP contribution in [0.15, 0.2) is 186 Å². The third-order valence-corrected chi connectivity index (χ3v) is 11.6. The molecule has 0 amide bonds. The number of rotatable bonds is 6. The summed E-state index contributed by atoms with van der Waals surface area (Å²) in [7, 11) is 0. The van der Waals surface area contributed by atoms with E-state index in [0.717, 1.165) is 60.8 Å². The van der Waals surface area contributed by atoms with Crippen LogP contribution < -0.4 is 0 Å². The molecular formula is C53H36N4O. The first-order chi connectivity index (χ1) is 28.5. The number of oxazole rings is 1. The van der Waals surface area contributed by atoms with Gasteiger partial charge in [0.1, 0.15) is 5.52 Å². The second kappa shape index (κ2) is 13.3. The van der Waals surface area contributed by atoms with Crippen LogP contribution >= 0.6 is 0 Å². The first-order valence-corrected chi connectivity index (χ1v) is 19.6. The molecule has 58 heavy (non-hydrogen) atoms. The second-order valence-electron chi connectivity index (χ2n) is 15.4. The zero-order valence-electron chi connectivity index (χ0n) is 32.0. The highest BCUT2D eigenvalue weighted by molar-refractivity contribution is 6.12. The molecule has 0 N–H and O–H groups in total. The van der Waals surface area contributed by atoms with Crippen LogP contribution in [0, 0.1) is 0 Å². The molecule has 1 aliphatic rings. The predicted molar refractivity (Wildman–Crippen MR) is 235 cm³/mol. The fraction of sp³-hybridized carbons (Fsp3) is 0.0566. The topological polar surface area (TPSA) is 64.7 Å². The van der Waals surface area contributed by atoms with Gasteiger partial charge < -0.3 is 4.42 Å². The molecule has 0 atom stereocenters. The largest absolute Gasteiger partial charge is 0.435 e. The molecule has 0 spiro atoms. The van der Waals surface area contributed by atoms with Crippen molar-refractivity contribution in [1.82, 2.24) is 19.9 Å². The highest BCUT2D eigenvalue weighted by Gasteiger charge is 2.35. The Kier molecular flexibility index (Phi) is 7.76. The van der Waals surface area contributed by atoms with E-state index >= 15 is 0 Å². The fourth-order valence-corrected chi connectivity index (χ4v) is 8.65. The van der Waals surface area contributed by atoms with E-state index in [9.17, 15) is 0 Å². The van der Waals surface area contributed by atoms with Crippen LogP contribution in [0.3, 0.4) is 0 Å². The van der Waals surface area contributed by atoms with E-state index in [2.05, 4.69) is 123 Å². The standard InChI is InChI=1S/C53H36N4O/c1-53(2)44-23-12-11-20-40(44)43-32-38(28-30-45(43)53)33-24-26-36(27-25-33)50-55-49(35-14-5-3-6-15-35)56-51(57-50)42-21-10-9-19-39(42)41-22-13-18-34-29-31-46-48(47(34)41)58-52(54-46)37-16-7-4-8-17-37/h3-32H,1-2H3. The van der Waals surface area contributed by atoms with Crippen LogP contribution in [0.2, 0.25) is 0 Å². The van der Waals surface area contributed by atoms with Crippen molar-refractivity contribution in [2.75, 3.05) is 0 Å². The number of hydrogen-bond donors (Lipinski definition) is 0. The molecule has 274 valence electrons. The summed E-state index contributed by atoms with van der Waals surface area (Å²) in [6.45, 7) is 4.63. The maximum atomic E-state index is 6.56. The van der Waals surface area contributed by atoms with Crippen molar-refractivity contribution in [2.24, 2.45) is 0 Å². The Balaban J connectivity index is 1.03. The minimum Gasteiger partial charge on any atom is -0.435 e. The summed E-state index contributed by atoms with van der Waals surface area (Å²) < 4.78 is 6.56. The van der Waals surface area contributed by atoms with Crippen molar-refractivity contribution >= 4 is 21.9 Å². The Hall–Kier alpha value is -7.50. The first kappa shape index (κ1) is 33.8. The maximum absolute atomic E-state index is 6.56. The number of benzene rings is 8. The summed E-state index contributed by atoms with van der Waals surface area (Å²) in [6.07, 6.45) is 0. The summed E-state index contributed by atoms with van der Waals surface area (Å²) in [5.41, 5.74) is 14.9. The Labute approximate surface area is 336 Å². The van der Waals surface area contributed by atoms with Gasteiger partial charge in [-0.25, -0.2) is 19.9 Å². The third kappa shape index (κ3) is 5.54. The summed E-state index contributed by atoms with van der Waals surface area (Å²) in [4.78, 5) is 20.3. The molecule has 0 radical (unpaired) electrons. The van der Waals surface area contributed by atoms with Crippen LogP contribution in [-0.2, 0) is 5.41 Å². The molecule has 8 aromatic carbocycles. The smallest absolute Gasteiger partial charge is 0.227 e. The van der Waals surface area contributed by atoms with Crippen molar-refractivity contribution in [3.63, 3.8) is 0 Å². The lowest BCUT2D eigenvalue weighted by Gasteiger charge is -2.21. The van der Waals surface area contributed by atoms with Crippen LogP contribution in [0.5, 0.6) is 0 Å². The monoisotopic (exact) mass is 744 g/mol. The molecule has 1 aliphatic carbocycles. The lowest BCUT2D eigenvalue weighted by molar-refractivity contribution is 0.623. The van der Waals surface area contributed by atoms with Gasteiger partial charge in [-0.15, -0.1) is 0 Å². The quantitative estimate of drug-likeness (QED) is 0.170. The van der Waals surface area contributed by atoms with Crippen molar-refractivity contribution in [2.45, 2.75) is 19.3 Å². The van der Waals surface area contributed by atoms with E-state index in [1.807, 2.05) is 72.8 Å². The van der Waals surface area contributed by atoms with Gasteiger partial charge in [-0.05, 0) is 74.2 Å². The van der Waals surface area contributed by atoms with Gasteiger partial charge in [0.2, 0.25) is 5.89 Å². The minimum atomic E-state index is -0.0263.